The lowest BCUT2D eigenvalue weighted by molar-refractivity contribution is 0.393. The van der Waals surface area contributed by atoms with Crippen LogP contribution in [0.25, 0.3) is 0 Å². The van der Waals surface area contributed by atoms with Gasteiger partial charge in [-0.05, 0) is 34.6 Å². The van der Waals surface area contributed by atoms with E-state index in [1.54, 1.807) is 6.92 Å². The molecule has 0 spiro atoms. The molecule has 0 bridgehead atoms. The summed E-state index contributed by atoms with van der Waals surface area (Å²) < 4.78 is 5.03. The fourth-order valence-corrected chi connectivity index (χ4v) is 1.26. The Morgan fingerprint density at radius 2 is 2.06 bits per heavy atom. The molecule has 1 aromatic heterocycles. The highest BCUT2D eigenvalue weighted by molar-refractivity contribution is 5.95. The highest BCUT2D eigenvalue weighted by Crippen LogP contribution is 2.18. The standard InChI is InChI=1S/C11H17N5O/c1-7-9(8(2)17-16-7)14-10(13-6-12)15-11(3,4)5/h1-5H3,(H2,13,14,15). The average molecular weight is 235 g/mol. The second-order valence-electron chi connectivity index (χ2n) is 4.69. The van der Waals surface area contributed by atoms with Crippen molar-refractivity contribution >= 4 is 11.6 Å². The Balaban J connectivity index is 2.97. The molecule has 6 heteroatoms. The highest BCUT2D eigenvalue weighted by Gasteiger charge is 2.14. The van der Waals surface area contributed by atoms with Crippen LogP contribution in [-0.2, 0) is 0 Å². The van der Waals surface area contributed by atoms with Gasteiger partial charge >= 0.3 is 0 Å². The van der Waals surface area contributed by atoms with Crippen molar-refractivity contribution in [2.75, 3.05) is 5.32 Å². The van der Waals surface area contributed by atoms with Crippen molar-refractivity contribution in [2.45, 2.75) is 40.2 Å². The summed E-state index contributed by atoms with van der Waals surface area (Å²) >= 11 is 0. The van der Waals surface area contributed by atoms with E-state index < -0.39 is 0 Å². The van der Waals surface area contributed by atoms with E-state index >= 15 is 0 Å². The molecule has 0 fully saturated rings. The third-order valence-corrected chi connectivity index (χ3v) is 1.90. The van der Waals surface area contributed by atoms with E-state index in [0.717, 1.165) is 11.4 Å². The lowest BCUT2D eigenvalue weighted by Gasteiger charge is -2.15. The van der Waals surface area contributed by atoms with Gasteiger partial charge in [0.05, 0.1) is 5.54 Å². The van der Waals surface area contributed by atoms with Gasteiger partial charge in [-0.1, -0.05) is 5.16 Å². The summed E-state index contributed by atoms with van der Waals surface area (Å²) in [7, 11) is 0. The van der Waals surface area contributed by atoms with Crippen molar-refractivity contribution in [3.8, 4) is 6.19 Å². The Morgan fingerprint density at radius 1 is 1.41 bits per heavy atom. The first-order chi connectivity index (χ1) is 7.83. The van der Waals surface area contributed by atoms with Gasteiger partial charge in [-0.2, -0.15) is 5.26 Å². The minimum Gasteiger partial charge on any atom is -0.359 e. The van der Waals surface area contributed by atoms with Crippen molar-refractivity contribution in [2.24, 2.45) is 4.99 Å². The molecular formula is C11H17N5O. The summed E-state index contributed by atoms with van der Waals surface area (Å²) in [5, 5.41) is 18.0. The predicted molar refractivity (Wildman–Crippen MR) is 65.5 cm³/mol. The second kappa shape index (κ2) is 4.87. The first kappa shape index (κ1) is 13.0. The summed E-state index contributed by atoms with van der Waals surface area (Å²) in [6, 6.07) is 0. The summed E-state index contributed by atoms with van der Waals surface area (Å²) in [5.74, 6) is 1.04. The normalized spacial score (nSPS) is 12.1. The molecular weight excluding hydrogens is 218 g/mol. The Morgan fingerprint density at radius 3 is 2.47 bits per heavy atom. The summed E-state index contributed by atoms with van der Waals surface area (Å²) in [5.41, 5.74) is 1.17. The van der Waals surface area contributed by atoms with Gasteiger partial charge in [-0.25, -0.2) is 4.99 Å². The second-order valence-corrected chi connectivity index (χ2v) is 4.69. The third-order valence-electron chi connectivity index (χ3n) is 1.90. The first-order valence-corrected chi connectivity index (χ1v) is 5.28. The van der Waals surface area contributed by atoms with E-state index in [4.69, 9.17) is 9.78 Å². The fourth-order valence-electron chi connectivity index (χ4n) is 1.26. The van der Waals surface area contributed by atoms with E-state index in [9.17, 15) is 0 Å². The Bertz CT molecular complexity index is 442. The van der Waals surface area contributed by atoms with E-state index in [-0.39, 0.29) is 5.54 Å². The Kier molecular flexibility index (Phi) is 3.73. The van der Waals surface area contributed by atoms with Crippen LogP contribution in [0.3, 0.4) is 0 Å². The number of nitrogens with one attached hydrogen (secondary N) is 2. The number of guanidine groups is 1. The van der Waals surface area contributed by atoms with Crippen molar-refractivity contribution in [3.05, 3.63) is 11.5 Å². The molecule has 1 heterocycles. The predicted octanol–water partition coefficient (Wildman–Crippen LogP) is 1.93. The van der Waals surface area contributed by atoms with Gasteiger partial charge in [0.25, 0.3) is 0 Å². The smallest absolute Gasteiger partial charge is 0.209 e. The first-order valence-electron chi connectivity index (χ1n) is 5.28. The zero-order chi connectivity index (χ0) is 13.1. The molecule has 0 saturated heterocycles. The SMILES string of the molecule is Cc1noc(C)c1NC(=NC(C)(C)C)NC#N. The van der Waals surface area contributed by atoms with E-state index in [1.165, 1.54) is 0 Å². The number of nitrogens with zero attached hydrogens (tertiary/aromatic N) is 3. The van der Waals surface area contributed by atoms with E-state index in [2.05, 4.69) is 20.8 Å². The number of aliphatic imine (C=N–C) groups is 1. The van der Waals surface area contributed by atoms with Crippen LogP contribution < -0.4 is 10.6 Å². The molecule has 0 radical (unpaired) electrons. The van der Waals surface area contributed by atoms with E-state index in [0.29, 0.717) is 11.7 Å². The molecule has 0 saturated carbocycles. The number of aromatic nitrogens is 1. The maximum Gasteiger partial charge on any atom is 0.209 e. The zero-order valence-electron chi connectivity index (χ0n) is 10.7. The Hall–Kier alpha value is -2.03. The minimum absolute atomic E-state index is 0.287. The van der Waals surface area contributed by atoms with Gasteiger partial charge in [0.1, 0.15) is 11.4 Å². The van der Waals surface area contributed by atoms with Gasteiger partial charge < -0.3 is 9.84 Å². The van der Waals surface area contributed by atoms with Crippen molar-refractivity contribution in [3.63, 3.8) is 0 Å². The minimum atomic E-state index is -0.287. The molecule has 6 nitrogen and oxygen atoms in total. The lowest BCUT2D eigenvalue weighted by atomic mass is 10.1. The lowest BCUT2D eigenvalue weighted by Crippen LogP contribution is -2.30. The molecule has 0 unspecified atom stereocenters. The number of aryl methyl sites for hydroxylation is 2. The molecule has 2 N–H and O–H groups in total. The van der Waals surface area contributed by atoms with Gasteiger partial charge in [-0.3, -0.25) is 5.32 Å². The molecule has 0 atom stereocenters. The molecule has 0 aromatic carbocycles. The number of hydrogen-bond donors (Lipinski definition) is 2. The quantitative estimate of drug-likeness (QED) is 0.336. The van der Waals surface area contributed by atoms with Gasteiger partial charge in [-0.15, -0.1) is 0 Å². The largest absolute Gasteiger partial charge is 0.359 e. The number of nitriles is 1. The summed E-state index contributed by atoms with van der Waals surface area (Å²) in [4.78, 5) is 4.36. The number of rotatable bonds is 1. The maximum absolute atomic E-state index is 8.68. The van der Waals surface area contributed by atoms with Crippen LogP contribution in [0, 0.1) is 25.3 Å². The molecule has 0 aliphatic rings. The fraction of sp³-hybridized carbons (Fsp3) is 0.545. The van der Waals surface area contributed by atoms with Crippen molar-refractivity contribution in [1.29, 1.82) is 5.26 Å². The van der Waals surface area contributed by atoms with E-state index in [1.807, 2.05) is 33.9 Å². The molecule has 1 aromatic rings. The average Bonchev–Trinajstić information content (AvgIpc) is 2.47. The summed E-state index contributed by atoms with van der Waals surface area (Å²) in [6.07, 6.45) is 1.85. The van der Waals surface area contributed by atoms with Crippen LogP contribution in [0.15, 0.2) is 9.52 Å². The molecule has 0 amide bonds. The van der Waals surface area contributed by atoms with Gasteiger partial charge in [0.2, 0.25) is 5.96 Å². The molecule has 17 heavy (non-hydrogen) atoms. The monoisotopic (exact) mass is 235 g/mol. The molecule has 0 aliphatic carbocycles. The molecule has 92 valence electrons. The van der Waals surface area contributed by atoms with Crippen LogP contribution >= 0.6 is 0 Å². The topological polar surface area (TPSA) is 86.2 Å². The van der Waals surface area contributed by atoms with Crippen molar-refractivity contribution in [1.82, 2.24) is 10.5 Å². The van der Waals surface area contributed by atoms with Gasteiger partial charge in [0, 0.05) is 0 Å². The van der Waals surface area contributed by atoms with Crippen LogP contribution in [0.5, 0.6) is 0 Å². The molecule has 0 aliphatic heterocycles. The molecule has 1 rings (SSSR count). The van der Waals surface area contributed by atoms with Gasteiger partial charge in [0.15, 0.2) is 12.0 Å². The van der Waals surface area contributed by atoms with Crippen molar-refractivity contribution < 1.29 is 4.52 Å². The Labute approximate surface area is 101 Å². The van der Waals surface area contributed by atoms with Crippen LogP contribution in [0.4, 0.5) is 5.69 Å². The zero-order valence-corrected chi connectivity index (χ0v) is 10.7. The van der Waals surface area contributed by atoms with Crippen LogP contribution in [-0.4, -0.2) is 16.7 Å². The number of hydrogen-bond acceptors (Lipinski definition) is 4. The highest BCUT2D eigenvalue weighted by atomic mass is 16.5. The number of anilines is 1. The maximum atomic E-state index is 8.68. The summed E-state index contributed by atoms with van der Waals surface area (Å²) in [6.45, 7) is 9.45. The third kappa shape index (κ3) is 3.79. The van der Waals surface area contributed by atoms with Crippen LogP contribution in [0.2, 0.25) is 0 Å². The van der Waals surface area contributed by atoms with Crippen LogP contribution in [0.1, 0.15) is 32.2 Å².